The van der Waals surface area contributed by atoms with Crippen molar-refractivity contribution in [1.29, 1.82) is 0 Å². The summed E-state index contributed by atoms with van der Waals surface area (Å²) in [7, 11) is 0. The molecule has 0 aromatic heterocycles. The SMILES string of the molecule is O=C(O)C1CCCC(C(=O)NCCC2CC3CCC2C3)C1. The second-order valence-corrected chi connectivity index (χ2v) is 7.41. The molecule has 3 aliphatic rings. The van der Waals surface area contributed by atoms with Crippen molar-refractivity contribution in [2.45, 2.75) is 57.8 Å². The fourth-order valence-corrected chi connectivity index (χ4v) is 4.91. The minimum Gasteiger partial charge on any atom is -0.481 e. The first-order valence-electron chi connectivity index (χ1n) is 8.64. The topological polar surface area (TPSA) is 66.4 Å². The Morgan fingerprint density at radius 1 is 1.00 bits per heavy atom. The van der Waals surface area contributed by atoms with Crippen LogP contribution in [0.3, 0.4) is 0 Å². The van der Waals surface area contributed by atoms with Gasteiger partial charge in [0.15, 0.2) is 0 Å². The van der Waals surface area contributed by atoms with Crippen LogP contribution in [0.2, 0.25) is 0 Å². The van der Waals surface area contributed by atoms with Gasteiger partial charge in [0.2, 0.25) is 5.91 Å². The summed E-state index contributed by atoms with van der Waals surface area (Å²) in [5, 5.41) is 12.2. The van der Waals surface area contributed by atoms with Crippen LogP contribution < -0.4 is 5.32 Å². The summed E-state index contributed by atoms with van der Waals surface area (Å²) < 4.78 is 0. The zero-order valence-electron chi connectivity index (χ0n) is 12.7. The lowest BCUT2D eigenvalue weighted by molar-refractivity contribution is -0.144. The molecule has 3 saturated carbocycles. The predicted octanol–water partition coefficient (Wildman–Crippen LogP) is 2.82. The fraction of sp³-hybridized carbons (Fsp3) is 0.882. The number of amides is 1. The van der Waals surface area contributed by atoms with Crippen LogP contribution in [-0.2, 0) is 9.59 Å². The van der Waals surface area contributed by atoms with E-state index in [1.165, 1.54) is 25.7 Å². The van der Waals surface area contributed by atoms with E-state index in [4.69, 9.17) is 5.11 Å². The molecule has 21 heavy (non-hydrogen) atoms. The van der Waals surface area contributed by atoms with Crippen LogP contribution in [0.1, 0.15) is 57.8 Å². The average molecular weight is 293 g/mol. The third kappa shape index (κ3) is 3.41. The Bertz CT molecular complexity index is 409. The zero-order chi connectivity index (χ0) is 14.8. The zero-order valence-corrected chi connectivity index (χ0v) is 12.7. The molecule has 0 spiro atoms. The molecule has 0 aromatic carbocycles. The molecular formula is C17H27NO3. The van der Waals surface area contributed by atoms with Gasteiger partial charge in [-0.2, -0.15) is 0 Å². The maximum absolute atomic E-state index is 12.2. The predicted molar refractivity (Wildman–Crippen MR) is 79.6 cm³/mol. The summed E-state index contributed by atoms with van der Waals surface area (Å²) in [6, 6.07) is 0. The smallest absolute Gasteiger partial charge is 0.306 e. The third-order valence-corrected chi connectivity index (χ3v) is 6.09. The van der Waals surface area contributed by atoms with Gasteiger partial charge >= 0.3 is 5.97 Å². The first-order chi connectivity index (χ1) is 10.1. The normalized spacial score (nSPS) is 38.4. The Labute approximate surface area is 126 Å². The van der Waals surface area contributed by atoms with Crippen molar-refractivity contribution in [2.75, 3.05) is 6.54 Å². The highest BCUT2D eigenvalue weighted by Gasteiger charge is 2.39. The molecule has 3 fully saturated rings. The average Bonchev–Trinajstić information content (AvgIpc) is 3.10. The van der Waals surface area contributed by atoms with Gasteiger partial charge in [0.25, 0.3) is 0 Å². The lowest BCUT2D eigenvalue weighted by Crippen LogP contribution is -2.36. The number of carbonyl (C=O) groups excluding carboxylic acids is 1. The number of fused-ring (bicyclic) bond motifs is 2. The number of hydrogen-bond acceptors (Lipinski definition) is 2. The Morgan fingerprint density at radius 2 is 1.81 bits per heavy atom. The van der Waals surface area contributed by atoms with Gasteiger partial charge in [-0.25, -0.2) is 0 Å². The van der Waals surface area contributed by atoms with Crippen LogP contribution in [0.15, 0.2) is 0 Å². The summed E-state index contributed by atoms with van der Waals surface area (Å²) in [6.45, 7) is 0.779. The first kappa shape index (κ1) is 14.9. The van der Waals surface area contributed by atoms with Crippen molar-refractivity contribution in [3.63, 3.8) is 0 Å². The molecule has 118 valence electrons. The summed E-state index contributed by atoms with van der Waals surface area (Å²) >= 11 is 0. The van der Waals surface area contributed by atoms with Crippen molar-refractivity contribution in [3.05, 3.63) is 0 Å². The van der Waals surface area contributed by atoms with E-state index in [0.717, 1.165) is 50.0 Å². The molecule has 0 radical (unpaired) electrons. The van der Waals surface area contributed by atoms with E-state index < -0.39 is 5.97 Å². The Morgan fingerprint density at radius 3 is 2.48 bits per heavy atom. The molecule has 0 aromatic rings. The van der Waals surface area contributed by atoms with Gasteiger partial charge in [-0.3, -0.25) is 9.59 Å². The minimum absolute atomic E-state index is 0.0834. The van der Waals surface area contributed by atoms with Gasteiger partial charge < -0.3 is 10.4 Å². The molecule has 0 aliphatic heterocycles. The molecule has 1 amide bonds. The number of aliphatic carboxylic acids is 1. The van der Waals surface area contributed by atoms with Gasteiger partial charge in [0, 0.05) is 12.5 Å². The third-order valence-electron chi connectivity index (χ3n) is 6.09. The van der Waals surface area contributed by atoms with Crippen molar-refractivity contribution < 1.29 is 14.7 Å². The maximum Gasteiger partial charge on any atom is 0.306 e. The summed E-state index contributed by atoms with van der Waals surface area (Å²) in [4.78, 5) is 23.2. The highest BCUT2D eigenvalue weighted by Crippen LogP contribution is 2.49. The molecule has 0 saturated heterocycles. The number of hydrogen-bond donors (Lipinski definition) is 2. The van der Waals surface area contributed by atoms with Crippen LogP contribution in [0.5, 0.6) is 0 Å². The van der Waals surface area contributed by atoms with E-state index in [1.54, 1.807) is 0 Å². The second kappa shape index (κ2) is 6.37. The summed E-state index contributed by atoms with van der Waals surface area (Å²) in [5.74, 6) is 1.64. The Balaban J connectivity index is 1.39. The first-order valence-corrected chi connectivity index (χ1v) is 8.64. The van der Waals surface area contributed by atoms with Gasteiger partial charge in [0.05, 0.1) is 5.92 Å². The highest BCUT2D eigenvalue weighted by molar-refractivity contribution is 5.80. The fourth-order valence-electron chi connectivity index (χ4n) is 4.91. The number of carboxylic acids is 1. The van der Waals surface area contributed by atoms with E-state index in [1.807, 2.05) is 0 Å². The Kier molecular flexibility index (Phi) is 4.51. The number of rotatable bonds is 5. The van der Waals surface area contributed by atoms with E-state index in [9.17, 15) is 9.59 Å². The quantitative estimate of drug-likeness (QED) is 0.819. The van der Waals surface area contributed by atoms with E-state index in [-0.39, 0.29) is 17.7 Å². The monoisotopic (exact) mass is 293 g/mol. The van der Waals surface area contributed by atoms with Gasteiger partial charge in [-0.15, -0.1) is 0 Å². The van der Waals surface area contributed by atoms with Gasteiger partial charge in [-0.1, -0.05) is 12.8 Å². The molecule has 2 bridgehead atoms. The van der Waals surface area contributed by atoms with Crippen molar-refractivity contribution >= 4 is 11.9 Å². The molecular weight excluding hydrogens is 266 g/mol. The molecule has 5 unspecified atom stereocenters. The largest absolute Gasteiger partial charge is 0.481 e. The highest BCUT2D eigenvalue weighted by atomic mass is 16.4. The molecule has 5 atom stereocenters. The van der Waals surface area contributed by atoms with E-state index >= 15 is 0 Å². The molecule has 3 aliphatic carbocycles. The van der Waals surface area contributed by atoms with Crippen molar-refractivity contribution in [3.8, 4) is 0 Å². The number of nitrogens with one attached hydrogen (secondary N) is 1. The lowest BCUT2D eigenvalue weighted by atomic mass is 9.81. The van der Waals surface area contributed by atoms with Crippen LogP contribution in [-0.4, -0.2) is 23.5 Å². The summed E-state index contributed by atoms with van der Waals surface area (Å²) in [6.07, 6.45) is 9.68. The maximum atomic E-state index is 12.2. The number of carboxylic acid groups (broad SMARTS) is 1. The van der Waals surface area contributed by atoms with Gasteiger partial charge in [-0.05, 0) is 62.7 Å². The van der Waals surface area contributed by atoms with Crippen LogP contribution in [0.4, 0.5) is 0 Å². The van der Waals surface area contributed by atoms with Gasteiger partial charge in [0.1, 0.15) is 0 Å². The Hall–Kier alpha value is -1.06. The van der Waals surface area contributed by atoms with E-state index in [0.29, 0.717) is 6.42 Å². The lowest BCUT2D eigenvalue weighted by Gasteiger charge is -2.26. The van der Waals surface area contributed by atoms with Crippen LogP contribution >= 0.6 is 0 Å². The standard InChI is InChI=1S/C17H27NO3/c19-16(14-2-1-3-15(10-14)17(20)21)18-7-6-13-9-11-4-5-12(13)8-11/h11-15H,1-10H2,(H,18,19)(H,20,21). The minimum atomic E-state index is -0.741. The van der Waals surface area contributed by atoms with Crippen LogP contribution in [0, 0.1) is 29.6 Å². The second-order valence-electron chi connectivity index (χ2n) is 7.41. The number of carbonyl (C=O) groups is 2. The molecule has 4 nitrogen and oxygen atoms in total. The molecule has 0 heterocycles. The van der Waals surface area contributed by atoms with E-state index in [2.05, 4.69) is 5.32 Å². The molecule has 3 rings (SSSR count). The van der Waals surface area contributed by atoms with Crippen molar-refractivity contribution in [1.82, 2.24) is 5.32 Å². The van der Waals surface area contributed by atoms with Crippen molar-refractivity contribution in [2.24, 2.45) is 29.6 Å². The molecule has 4 heteroatoms. The summed E-state index contributed by atoms with van der Waals surface area (Å²) in [5.41, 5.74) is 0. The molecule has 2 N–H and O–H groups in total. The van der Waals surface area contributed by atoms with Crippen LogP contribution in [0.25, 0.3) is 0 Å².